The van der Waals surface area contributed by atoms with Crippen LogP contribution < -0.4 is 4.74 Å². The smallest absolute Gasteiger partial charge is 0.350 e. The molecule has 0 atom stereocenters. The molecule has 0 aliphatic carbocycles. The average Bonchev–Trinajstić information content (AvgIpc) is 2.49. The highest BCUT2D eigenvalue weighted by Crippen LogP contribution is 2.27. The first-order valence-corrected chi connectivity index (χ1v) is 6.11. The van der Waals surface area contributed by atoms with E-state index in [0.717, 1.165) is 0 Å². The van der Waals surface area contributed by atoms with Gasteiger partial charge in [-0.3, -0.25) is 14.9 Å². The summed E-state index contributed by atoms with van der Waals surface area (Å²) in [4.78, 5) is 32.8. The second kappa shape index (κ2) is 6.15. The van der Waals surface area contributed by atoms with Crippen LogP contribution in [0.4, 0.5) is 5.69 Å². The minimum absolute atomic E-state index is 0.0189. The standard InChI is InChI=1S/C14H8ClNO5/c15-11-7-9(8-17)5-6-13(11)21-14(18)10-3-1-2-4-12(10)16(19)20/h1-8H. The molecule has 21 heavy (non-hydrogen) atoms. The van der Waals surface area contributed by atoms with E-state index in [0.29, 0.717) is 11.8 Å². The Bertz CT molecular complexity index is 729. The van der Waals surface area contributed by atoms with Crippen LogP contribution in [0.2, 0.25) is 5.02 Å². The van der Waals surface area contributed by atoms with Gasteiger partial charge >= 0.3 is 5.97 Å². The molecule has 0 saturated carbocycles. The highest BCUT2D eigenvalue weighted by Gasteiger charge is 2.21. The van der Waals surface area contributed by atoms with Crippen LogP contribution in [0.25, 0.3) is 0 Å². The Kier molecular flexibility index (Phi) is 4.30. The van der Waals surface area contributed by atoms with E-state index in [1.54, 1.807) is 0 Å². The molecule has 2 aromatic rings. The van der Waals surface area contributed by atoms with E-state index in [2.05, 4.69) is 0 Å². The molecule has 0 heterocycles. The molecule has 7 heteroatoms. The maximum absolute atomic E-state index is 12.0. The lowest BCUT2D eigenvalue weighted by molar-refractivity contribution is -0.385. The van der Waals surface area contributed by atoms with Crippen LogP contribution in [0.5, 0.6) is 5.75 Å². The number of nitrogens with zero attached hydrogens (tertiary/aromatic N) is 1. The van der Waals surface area contributed by atoms with Gasteiger partial charge in [-0.1, -0.05) is 23.7 Å². The molecular weight excluding hydrogens is 298 g/mol. The van der Waals surface area contributed by atoms with Crippen LogP contribution in [-0.2, 0) is 0 Å². The molecule has 0 fully saturated rings. The molecule has 0 spiro atoms. The average molecular weight is 306 g/mol. The SMILES string of the molecule is O=Cc1ccc(OC(=O)c2ccccc2[N+](=O)[O-])c(Cl)c1. The summed E-state index contributed by atoms with van der Waals surface area (Å²) in [5.74, 6) is -0.881. The first-order chi connectivity index (χ1) is 10.0. The second-order valence-electron chi connectivity index (χ2n) is 3.97. The van der Waals surface area contributed by atoms with Crippen molar-refractivity contribution in [3.05, 3.63) is 68.7 Å². The summed E-state index contributed by atoms with van der Waals surface area (Å²) in [5.41, 5.74) is -0.216. The number of carbonyl (C=O) groups is 2. The van der Waals surface area contributed by atoms with Crippen LogP contribution in [0.3, 0.4) is 0 Å². The summed E-state index contributed by atoms with van der Waals surface area (Å²) in [6.07, 6.45) is 0.597. The predicted molar refractivity (Wildman–Crippen MR) is 74.9 cm³/mol. The van der Waals surface area contributed by atoms with Crippen molar-refractivity contribution >= 4 is 29.5 Å². The first kappa shape index (κ1) is 14.7. The van der Waals surface area contributed by atoms with E-state index in [1.165, 1.54) is 42.5 Å². The molecule has 0 N–H and O–H groups in total. The van der Waals surface area contributed by atoms with E-state index in [-0.39, 0.29) is 22.0 Å². The normalized spacial score (nSPS) is 9.95. The van der Waals surface area contributed by atoms with Crippen LogP contribution in [-0.4, -0.2) is 17.2 Å². The second-order valence-corrected chi connectivity index (χ2v) is 4.38. The largest absolute Gasteiger partial charge is 0.421 e. The third-order valence-corrected chi connectivity index (χ3v) is 2.91. The van der Waals surface area contributed by atoms with E-state index in [1.807, 2.05) is 0 Å². The number of benzene rings is 2. The number of para-hydroxylation sites is 1. The number of esters is 1. The fraction of sp³-hybridized carbons (Fsp3) is 0. The number of hydrogen-bond acceptors (Lipinski definition) is 5. The minimum Gasteiger partial charge on any atom is -0.421 e. The van der Waals surface area contributed by atoms with Crippen molar-refractivity contribution in [2.24, 2.45) is 0 Å². The third kappa shape index (κ3) is 3.24. The van der Waals surface area contributed by atoms with Gasteiger partial charge in [0.1, 0.15) is 17.6 Å². The molecule has 0 radical (unpaired) electrons. The Balaban J connectivity index is 2.30. The molecule has 0 unspecified atom stereocenters. The van der Waals surface area contributed by atoms with Gasteiger partial charge in [0.15, 0.2) is 0 Å². The summed E-state index contributed by atoms with van der Waals surface area (Å²) in [7, 11) is 0. The molecular formula is C14H8ClNO5. The number of halogens is 1. The molecule has 0 aromatic heterocycles. The number of nitro benzene ring substituents is 1. The van der Waals surface area contributed by atoms with E-state index >= 15 is 0 Å². The molecule has 106 valence electrons. The molecule has 0 bridgehead atoms. The van der Waals surface area contributed by atoms with Gasteiger partial charge in [-0.05, 0) is 24.3 Å². The zero-order valence-electron chi connectivity index (χ0n) is 10.5. The van der Waals surface area contributed by atoms with Gasteiger partial charge in [0, 0.05) is 11.6 Å². The van der Waals surface area contributed by atoms with Crippen molar-refractivity contribution in [3.63, 3.8) is 0 Å². The number of nitro groups is 1. The van der Waals surface area contributed by atoms with Crippen molar-refractivity contribution in [2.75, 3.05) is 0 Å². The number of rotatable bonds is 4. The summed E-state index contributed by atoms with van der Waals surface area (Å²) in [6, 6.07) is 9.51. The van der Waals surface area contributed by atoms with Crippen molar-refractivity contribution in [1.29, 1.82) is 0 Å². The van der Waals surface area contributed by atoms with Gasteiger partial charge in [-0.15, -0.1) is 0 Å². The topological polar surface area (TPSA) is 86.5 Å². The number of carbonyl (C=O) groups excluding carboxylic acids is 2. The maximum Gasteiger partial charge on any atom is 0.350 e. The van der Waals surface area contributed by atoms with Crippen LogP contribution in [0, 0.1) is 10.1 Å². The summed E-state index contributed by atoms with van der Waals surface area (Å²) >= 11 is 5.87. The lowest BCUT2D eigenvalue weighted by atomic mass is 10.2. The zero-order chi connectivity index (χ0) is 15.4. The summed E-state index contributed by atoms with van der Waals surface area (Å²) < 4.78 is 5.03. The van der Waals surface area contributed by atoms with Gasteiger partial charge in [0.25, 0.3) is 5.69 Å². The predicted octanol–water partition coefficient (Wildman–Crippen LogP) is 3.28. The van der Waals surface area contributed by atoms with Crippen LogP contribution in [0.1, 0.15) is 20.7 Å². The highest BCUT2D eigenvalue weighted by atomic mass is 35.5. The van der Waals surface area contributed by atoms with Crippen molar-refractivity contribution in [1.82, 2.24) is 0 Å². The monoisotopic (exact) mass is 305 g/mol. The van der Waals surface area contributed by atoms with Crippen LogP contribution >= 0.6 is 11.6 Å². The fourth-order valence-electron chi connectivity index (χ4n) is 1.63. The van der Waals surface area contributed by atoms with Crippen LogP contribution in [0.15, 0.2) is 42.5 Å². The van der Waals surface area contributed by atoms with Crippen molar-refractivity contribution < 1.29 is 19.2 Å². The first-order valence-electron chi connectivity index (χ1n) is 5.73. The number of hydrogen-bond donors (Lipinski definition) is 0. The van der Waals surface area contributed by atoms with Crippen molar-refractivity contribution in [2.45, 2.75) is 0 Å². The Labute approximate surface area is 124 Å². The Morgan fingerprint density at radius 1 is 1.24 bits per heavy atom. The van der Waals surface area contributed by atoms with Crippen molar-refractivity contribution in [3.8, 4) is 5.75 Å². The van der Waals surface area contributed by atoms with Gasteiger partial charge in [-0.2, -0.15) is 0 Å². The Morgan fingerprint density at radius 2 is 1.95 bits per heavy atom. The lowest BCUT2D eigenvalue weighted by Gasteiger charge is -2.06. The number of aldehydes is 1. The van der Waals surface area contributed by atoms with Gasteiger partial charge in [0.05, 0.1) is 9.95 Å². The summed E-state index contributed by atoms with van der Waals surface area (Å²) in [6.45, 7) is 0. The molecule has 2 aromatic carbocycles. The van der Waals surface area contributed by atoms with Gasteiger partial charge < -0.3 is 4.74 Å². The molecule has 2 rings (SSSR count). The molecule has 6 nitrogen and oxygen atoms in total. The molecule has 0 saturated heterocycles. The quantitative estimate of drug-likeness (QED) is 0.284. The Hall–Kier alpha value is -2.73. The molecule has 0 amide bonds. The van der Waals surface area contributed by atoms with E-state index in [9.17, 15) is 19.7 Å². The number of ether oxygens (including phenoxy) is 1. The molecule has 0 aliphatic heterocycles. The van der Waals surface area contributed by atoms with E-state index in [4.69, 9.17) is 16.3 Å². The highest BCUT2D eigenvalue weighted by molar-refractivity contribution is 6.32. The lowest BCUT2D eigenvalue weighted by Crippen LogP contribution is -2.11. The minimum atomic E-state index is -0.900. The maximum atomic E-state index is 12.0. The van der Waals surface area contributed by atoms with Gasteiger partial charge in [0.2, 0.25) is 0 Å². The van der Waals surface area contributed by atoms with Gasteiger partial charge in [-0.25, -0.2) is 4.79 Å². The molecule has 0 aliphatic rings. The zero-order valence-corrected chi connectivity index (χ0v) is 11.2. The summed E-state index contributed by atoms with van der Waals surface area (Å²) in [5, 5.41) is 10.9. The third-order valence-electron chi connectivity index (χ3n) is 2.62. The Morgan fingerprint density at radius 3 is 2.57 bits per heavy atom. The fourth-order valence-corrected chi connectivity index (χ4v) is 1.86. The van der Waals surface area contributed by atoms with E-state index < -0.39 is 10.9 Å².